The van der Waals surface area contributed by atoms with E-state index in [1.54, 1.807) is 25.3 Å². The van der Waals surface area contributed by atoms with Crippen molar-refractivity contribution in [1.82, 2.24) is 0 Å². The van der Waals surface area contributed by atoms with Gasteiger partial charge in [-0.1, -0.05) is 35.9 Å². The molecule has 0 spiro atoms. The van der Waals surface area contributed by atoms with Gasteiger partial charge in [0, 0.05) is 22.7 Å². The van der Waals surface area contributed by atoms with E-state index in [2.05, 4.69) is 0 Å². The van der Waals surface area contributed by atoms with Gasteiger partial charge in [0.2, 0.25) is 0 Å². The minimum absolute atomic E-state index is 0.440. The molecule has 3 nitrogen and oxygen atoms in total. The number of para-hydroxylation sites is 1. The van der Waals surface area contributed by atoms with Crippen molar-refractivity contribution in [2.24, 2.45) is 0 Å². The highest BCUT2D eigenvalue weighted by atomic mass is 35.5. The molecule has 0 aliphatic carbocycles. The van der Waals surface area contributed by atoms with E-state index in [-0.39, 0.29) is 0 Å². The molecule has 0 amide bonds. The second-order valence-electron chi connectivity index (χ2n) is 4.31. The molecule has 0 aliphatic rings. The van der Waals surface area contributed by atoms with Gasteiger partial charge in [0.15, 0.2) is 0 Å². The first-order valence-corrected chi connectivity index (χ1v) is 6.34. The van der Waals surface area contributed by atoms with Crippen LogP contribution >= 0.6 is 11.6 Å². The van der Waals surface area contributed by atoms with Crippen LogP contribution in [0, 0.1) is 0 Å². The van der Waals surface area contributed by atoms with Crippen LogP contribution < -0.4 is 10.5 Å². The number of anilines is 1. The third-order valence-corrected chi connectivity index (χ3v) is 3.25. The summed E-state index contributed by atoms with van der Waals surface area (Å²) in [5.41, 5.74) is 7.98. The number of hydrogen-bond donors (Lipinski definition) is 2. The lowest BCUT2D eigenvalue weighted by atomic mass is 9.99. The molecule has 2 rings (SSSR count). The van der Waals surface area contributed by atoms with Gasteiger partial charge >= 0.3 is 0 Å². The molecule has 0 radical (unpaired) electrons. The van der Waals surface area contributed by atoms with Gasteiger partial charge in [-0.15, -0.1) is 0 Å². The van der Waals surface area contributed by atoms with Crippen LogP contribution in [0.1, 0.15) is 17.2 Å². The summed E-state index contributed by atoms with van der Waals surface area (Å²) in [5.74, 6) is 0.758. The predicted octanol–water partition coefficient (Wildman–Crippen LogP) is 3.21. The number of methoxy groups -OCH3 is 1. The topological polar surface area (TPSA) is 55.5 Å². The molecule has 4 heteroatoms. The molecular formula is C15H16ClNO2. The summed E-state index contributed by atoms with van der Waals surface area (Å²) in [6.45, 7) is 0. The van der Waals surface area contributed by atoms with E-state index >= 15 is 0 Å². The minimum Gasteiger partial charge on any atom is -0.496 e. The van der Waals surface area contributed by atoms with Gasteiger partial charge in [-0.05, 0) is 23.8 Å². The fraction of sp³-hybridized carbons (Fsp3) is 0.200. The van der Waals surface area contributed by atoms with Crippen molar-refractivity contribution in [2.75, 3.05) is 12.8 Å². The Balaban J connectivity index is 2.23. The van der Waals surface area contributed by atoms with Gasteiger partial charge in [0.1, 0.15) is 5.75 Å². The summed E-state index contributed by atoms with van der Waals surface area (Å²) in [5, 5.41) is 10.8. The molecule has 0 aliphatic heterocycles. The molecular weight excluding hydrogens is 262 g/mol. The highest BCUT2D eigenvalue weighted by molar-refractivity contribution is 6.30. The van der Waals surface area contributed by atoms with Crippen molar-refractivity contribution in [2.45, 2.75) is 12.5 Å². The van der Waals surface area contributed by atoms with Crippen LogP contribution in [0.3, 0.4) is 0 Å². The van der Waals surface area contributed by atoms with Crippen LogP contribution in [0.25, 0.3) is 0 Å². The number of halogens is 1. The zero-order valence-electron chi connectivity index (χ0n) is 10.6. The molecule has 100 valence electrons. The molecule has 3 N–H and O–H groups in total. The Labute approximate surface area is 117 Å². The quantitative estimate of drug-likeness (QED) is 0.844. The van der Waals surface area contributed by atoms with Gasteiger partial charge in [0.05, 0.1) is 13.2 Å². The number of benzene rings is 2. The fourth-order valence-electron chi connectivity index (χ4n) is 2.04. The largest absolute Gasteiger partial charge is 0.496 e. The highest BCUT2D eigenvalue weighted by Gasteiger charge is 2.14. The van der Waals surface area contributed by atoms with E-state index in [4.69, 9.17) is 22.1 Å². The first-order valence-electron chi connectivity index (χ1n) is 5.96. The lowest BCUT2D eigenvalue weighted by Gasteiger charge is -2.15. The van der Waals surface area contributed by atoms with E-state index in [1.807, 2.05) is 24.3 Å². The van der Waals surface area contributed by atoms with Gasteiger partial charge in [-0.3, -0.25) is 0 Å². The van der Waals surface area contributed by atoms with Crippen molar-refractivity contribution in [3.63, 3.8) is 0 Å². The number of nitrogen functional groups attached to an aromatic ring is 1. The highest BCUT2D eigenvalue weighted by Crippen LogP contribution is 2.29. The Morgan fingerprint density at radius 1 is 1.26 bits per heavy atom. The van der Waals surface area contributed by atoms with Crippen LogP contribution in [0.4, 0.5) is 5.69 Å². The molecule has 1 atom stereocenters. The Kier molecular flexibility index (Phi) is 4.30. The second-order valence-corrected chi connectivity index (χ2v) is 4.74. The van der Waals surface area contributed by atoms with Crippen LogP contribution in [0.2, 0.25) is 5.02 Å². The normalized spacial score (nSPS) is 12.2. The maximum absolute atomic E-state index is 10.3. The zero-order chi connectivity index (χ0) is 13.8. The molecule has 2 aromatic carbocycles. The molecule has 0 bridgehead atoms. The summed E-state index contributed by atoms with van der Waals surface area (Å²) >= 11 is 5.85. The lowest BCUT2D eigenvalue weighted by molar-refractivity contribution is 0.178. The standard InChI is InChI=1S/C15H16ClNO2/c1-19-15-5-3-2-4-10(15)8-14(18)12-7-6-11(16)9-13(12)17/h2-7,9,14,18H,8,17H2,1H3. The van der Waals surface area contributed by atoms with Gasteiger partial charge in [-0.2, -0.15) is 0 Å². The maximum Gasteiger partial charge on any atom is 0.122 e. The SMILES string of the molecule is COc1ccccc1CC(O)c1ccc(Cl)cc1N. The number of aliphatic hydroxyl groups excluding tert-OH is 1. The van der Waals surface area contributed by atoms with E-state index in [1.165, 1.54) is 0 Å². The van der Waals surface area contributed by atoms with Crippen molar-refractivity contribution in [3.8, 4) is 5.75 Å². The predicted molar refractivity (Wildman–Crippen MR) is 77.5 cm³/mol. The number of aliphatic hydroxyl groups is 1. The molecule has 0 aromatic heterocycles. The van der Waals surface area contributed by atoms with E-state index in [0.717, 1.165) is 11.3 Å². The van der Waals surface area contributed by atoms with E-state index < -0.39 is 6.10 Å². The summed E-state index contributed by atoms with van der Waals surface area (Å²) < 4.78 is 5.27. The van der Waals surface area contributed by atoms with E-state index in [9.17, 15) is 5.11 Å². The second kappa shape index (κ2) is 5.95. The lowest BCUT2D eigenvalue weighted by Crippen LogP contribution is -2.06. The van der Waals surface area contributed by atoms with Crippen LogP contribution in [0.5, 0.6) is 5.75 Å². The first-order chi connectivity index (χ1) is 9.11. The zero-order valence-corrected chi connectivity index (χ0v) is 11.4. The third-order valence-electron chi connectivity index (χ3n) is 3.01. The van der Waals surface area contributed by atoms with Gasteiger partial charge in [-0.25, -0.2) is 0 Å². The van der Waals surface area contributed by atoms with Crippen molar-refractivity contribution >= 4 is 17.3 Å². The average molecular weight is 278 g/mol. The molecule has 2 aromatic rings. The molecule has 0 fully saturated rings. The summed E-state index contributed by atoms with van der Waals surface area (Å²) in [6, 6.07) is 12.7. The van der Waals surface area contributed by atoms with Gasteiger partial charge in [0.25, 0.3) is 0 Å². The summed E-state index contributed by atoms with van der Waals surface area (Å²) in [4.78, 5) is 0. The Hall–Kier alpha value is -1.71. The summed E-state index contributed by atoms with van der Waals surface area (Å²) in [6.07, 6.45) is -0.246. The third kappa shape index (κ3) is 3.19. The molecule has 0 heterocycles. The molecule has 0 saturated carbocycles. The monoisotopic (exact) mass is 277 g/mol. The van der Waals surface area contributed by atoms with Crippen molar-refractivity contribution in [3.05, 3.63) is 58.6 Å². The Morgan fingerprint density at radius 2 is 2.00 bits per heavy atom. The molecule has 0 saturated heterocycles. The number of rotatable bonds is 4. The fourth-order valence-corrected chi connectivity index (χ4v) is 2.22. The minimum atomic E-state index is -0.687. The maximum atomic E-state index is 10.3. The van der Waals surface area contributed by atoms with Crippen molar-refractivity contribution in [1.29, 1.82) is 0 Å². The number of nitrogens with two attached hydrogens (primary N) is 1. The van der Waals surface area contributed by atoms with Crippen molar-refractivity contribution < 1.29 is 9.84 Å². The molecule has 19 heavy (non-hydrogen) atoms. The summed E-state index contributed by atoms with van der Waals surface area (Å²) in [7, 11) is 1.61. The van der Waals surface area contributed by atoms with Crippen LogP contribution in [-0.2, 0) is 6.42 Å². The Bertz CT molecular complexity index is 572. The number of ether oxygens (including phenoxy) is 1. The van der Waals surface area contributed by atoms with E-state index in [0.29, 0.717) is 22.7 Å². The number of hydrogen-bond acceptors (Lipinski definition) is 3. The first kappa shape index (κ1) is 13.7. The molecule has 1 unspecified atom stereocenters. The van der Waals surface area contributed by atoms with Crippen LogP contribution in [-0.4, -0.2) is 12.2 Å². The van der Waals surface area contributed by atoms with Gasteiger partial charge < -0.3 is 15.6 Å². The smallest absolute Gasteiger partial charge is 0.122 e. The average Bonchev–Trinajstić information content (AvgIpc) is 2.39. The van der Waals surface area contributed by atoms with Crippen LogP contribution in [0.15, 0.2) is 42.5 Å². The Morgan fingerprint density at radius 3 is 2.68 bits per heavy atom.